The van der Waals surface area contributed by atoms with E-state index < -0.39 is 17.0 Å². The molecule has 1 N–H and O–H groups in total. The minimum Gasteiger partial charge on any atom is -0.356 e. The van der Waals surface area contributed by atoms with Crippen molar-refractivity contribution in [3.8, 4) is 0 Å². The summed E-state index contributed by atoms with van der Waals surface area (Å²) in [7, 11) is 0. The Kier molecular flexibility index (Phi) is 4.92. The second-order valence-electron chi connectivity index (χ2n) is 8.45. The second-order valence-corrected chi connectivity index (χ2v) is 8.45. The number of para-hydroxylation sites is 1. The van der Waals surface area contributed by atoms with Gasteiger partial charge in [-0.15, -0.1) is 0 Å². The SMILES string of the molecule is CCCCN1CC(=O)N2[C@@H](c3ccc([N+](=O)[O-])cc3)c3[nH]c4ccccc4c3C[C@H]2C1=O. The number of amides is 2. The predicted molar refractivity (Wildman–Crippen MR) is 119 cm³/mol. The Morgan fingerprint density at radius 3 is 2.59 bits per heavy atom. The largest absolute Gasteiger partial charge is 0.356 e. The second kappa shape index (κ2) is 7.78. The summed E-state index contributed by atoms with van der Waals surface area (Å²) in [6.45, 7) is 2.70. The Hall–Kier alpha value is -3.68. The smallest absolute Gasteiger partial charge is 0.269 e. The maximum absolute atomic E-state index is 13.4. The van der Waals surface area contributed by atoms with E-state index in [2.05, 4.69) is 11.9 Å². The molecule has 2 atom stereocenters. The average molecular weight is 432 g/mol. The van der Waals surface area contributed by atoms with Gasteiger partial charge < -0.3 is 14.8 Å². The van der Waals surface area contributed by atoms with Crippen molar-refractivity contribution in [1.82, 2.24) is 14.8 Å². The average Bonchev–Trinajstić information content (AvgIpc) is 3.17. The number of carbonyl (C=O) groups excluding carboxylic acids is 2. The van der Waals surface area contributed by atoms with Crippen LogP contribution in [0.4, 0.5) is 5.69 Å². The van der Waals surface area contributed by atoms with Crippen LogP contribution < -0.4 is 0 Å². The molecule has 0 unspecified atom stereocenters. The van der Waals surface area contributed by atoms with E-state index in [0.29, 0.717) is 13.0 Å². The number of fused-ring (bicyclic) bond motifs is 4. The number of nitrogens with one attached hydrogen (secondary N) is 1. The molecule has 3 heterocycles. The summed E-state index contributed by atoms with van der Waals surface area (Å²) < 4.78 is 0. The number of hydrogen-bond acceptors (Lipinski definition) is 4. The van der Waals surface area contributed by atoms with Gasteiger partial charge in [0, 0.05) is 41.7 Å². The summed E-state index contributed by atoms with van der Waals surface area (Å²) in [6.07, 6.45) is 2.26. The minimum absolute atomic E-state index is 0.00947. The molecular weight excluding hydrogens is 408 g/mol. The van der Waals surface area contributed by atoms with Crippen LogP contribution in [0.1, 0.15) is 42.6 Å². The number of non-ortho nitro benzene ring substituents is 1. The molecule has 32 heavy (non-hydrogen) atoms. The van der Waals surface area contributed by atoms with Gasteiger partial charge in [0.05, 0.1) is 17.5 Å². The molecule has 2 aliphatic heterocycles. The number of unbranched alkanes of at least 4 members (excludes halogenated alkanes) is 1. The fourth-order valence-electron chi connectivity index (χ4n) is 4.99. The molecule has 0 bridgehead atoms. The highest BCUT2D eigenvalue weighted by molar-refractivity contribution is 5.97. The van der Waals surface area contributed by atoms with Crippen LogP contribution in [-0.2, 0) is 16.0 Å². The fraction of sp³-hybridized carbons (Fsp3) is 0.333. The van der Waals surface area contributed by atoms with E-state index in [9.17, 15) is 19.7 Å². The van der Waals surface area contributed by atoms with Crippen molar-refractivity contribution in [3.05, 3.63) is 75.5 Å². The van der Waals surface area contributed by atoms with Crippen LogP contribution in [0.25, 0.3) is 10.9 Å². The Bertz CT molecular complexity index is 1220. The number of hydrogen-bond donors (Lipinski definition) is 1. The van der Waals surface area contributed by atoms with Gasteiger partial charge in [-0.25, -0.2) is 0 Å². The van der Waals surface area contributed by atoms with Gasteiger partial charge in [0.1, 0.15) is 6.04 Å². The molecule has 8 nitrogen and oxygen atoms in total. The quantitative estimate of drug-likeness (QED) is 0.492. The van der Waals surface area contributed by atoms with E-state index in [1.165, 1.54) is 12.1 Å². The lowest BCUT2D eigenvalue weighted by Crippen LogP contribution is -2.63. The van der Waals surface area contributed by atoms with Gasteiger partial charge >= 0.3 is 0 Å². The van der Waals surface area contributed by atoms with Crippen molar-refractivity contribution in [2.24, 2.45) is 0 Å². The van der Waals surface area contributed by atoms with Gasteiger partial charge in [0.25, 0.3) is 5.69 Å². The van der Waals surface area contributed by atoms with Crippen LogP contribution in [0.2, 0.25) is 0 Å². The highest BCUT2D eigenvalue weighted by atomic mass is 16.6. The highest BCUT2D eigenvalue weighted by Gasteiger charge is 2.48. The Labute approximate surface area is 185 Å². The maximum atomic E-state index is 13.4. The van der Waals surface area contributed by atoms with Gasteiger partial charge in [-0.1, -0.05) is 31.5 Å². The van der Waals surface area contributed by atoms with Gasteiger partial charge in [0.15, 0.2) is 0 Å². The van der Waals surface area contributed by atoms with E-state index in [0.717, 1.165) is 40.6 Å². The third-order valence-corrected chi connectivity index (χ3v) is 6.54. The minimum atomic E-state index is -0.583. The first-order chi connectivity index (χ1) is 15.5. The van der Waals surface area contributed by atoms with E-state index in [1.807, 2.05) is 24.3 Å². The van der Waals surface area contributed by atoms with E-state index >= 15 is 0 Å². The summed E-state index contributed by atoms with van der Waals surface area (Å²) in [5, 5.41) is 12.2. The normalized spacial score (nSPS) is 20.4. The summed E-state index contributed by atoms with van der Waals surface area (Å²) in [5.74, 6) is -0.126. The summed E-state index contributed by atoms with van der Waals surface area (Å²) in [6, 6.07) is 13.1. The molecule has 5 rings (SSSR count). The van der Waals surface area contributed by atoms with E-state index in [4.69, 9.17) is 0 Å². The first-order valence-corrected chi connectivity index (χ1v) is 10.9. The zero-order valence-corrected chi connectivity index (χ0v) is 17.8. The molecule has 0 aliphatic carbocycles. The molecule has 1 aromatic heterocycles. The fourth-order valence-corrected chi connectivity index (χ4v) is 4.99. The zero-order valence-electron chi connectivity index (χ0n) is 17.8. The topological polar surface area (TPSA) is 99.5 Å². The number of H-pyrrole nitrogens is 1. The van der Waals surface area contributed by atoms with Crippen LogP contribution in [0.5, 0.6) is 0 Å². The number of benzene rings is 2. The van der Waals surface area contributed by atoms with Gasteiger partial charge in [-0.05, 0) is 35.7 Å². The van der Waals surface area contributed by atoms with E-state index in [1.54, 1.807) is 21.9 Å². The molecule has 164 valence electrons. The van der Waals surface area contributed by atoms with Crippen molar-refractivity contribution in [2.75, 3.05) is 13.1 Å². The molecular formula is C24H24N4O4. The number of aromatic nitrogens is 1. The molecule has 1 saturated heterocycles. The number of carbonyl (C=O) groups is 2. The van der Waals surface area contributed by atoms with E-state index in [-0.39, 0.29) is 24.0 Å². The number of nitrogens with zero attached hydrogens (tertiary/aromatic N) is 3. The van der Waals surface area contributed by atoms with Crippen molar-refractivity contribution >= 4 is 28.4 Å². The van der Waals surface area contributed by atoms with Crippen LogP contribution in [0.15, 0.2) is 48.5 Å². The summed E-state index contributed by atoms with van der Waals surface area (Å²) >= 11 is 0. The third-order valence-electron chi connectivity index (χ3n) is 6.54. The number of nitro groups is 1. The lowest BCUT2D eigenvalue weighted by Gasteiger charge is -2.47. The Morgan fingerprint density at radius 1 is 1.12 bits per heavy atom. The molecule has 2 aliphatic rings. The first-order valence-electron chi connectivity index (χ1n) is 10.9. The molecule has 0 saturated carbocycles. The van der Waals surface area contributed by atoms with Crippen molar-refractivity contribution in [3.63, 3.8) is 0 Å². The molecule has 0 radical (unpaired) electrons. The van der Waals surface area contributed by atoms with Gasteiger partial charge in [-0.3, -0.25) is 19.7 Å². The van der Waals surface area contributed by atoms with Crippen LogP contribution in [-0.4, -0.2) is 50.7 Å². The van der Waals surface area contributed by atoms with Crippen molar-refractivity contribution in [1.29, 1.82) is 0 Å². The number of aromatic amines is 1. The first kappa shape index (κ1) is 20.2. The monoisotopic (exact) mass is 432 g/mol. The molecule has 0 spiro atoms. The lowest BCUT2D eigenvalue weighted by molar-refractivity contribution is -0.384. The number of piperazine rings is 1. The summed E-state index contributed by atoms with van der Waals surface area (Å²) in [4.78, 5) is 44.3. The van der Waals surface area contributed by atoms with Crippen LogP contribution in [0.3, 0.4) is 0 Å². The van der Waals surface area contributed by atoms with Gasteiger partial charge in [0.2, 0.25) is 11.8 Å². The third kappa shape index (κ3) is 3.14. The molecule has 8 heteroatoms. The highest BCUT2D eigenvalue weighted by Crippen LogP contribution is 2.42. The van der Waals surface area contributed by atoms with Gasteiger partial charge in [-0.2, -0.15) is 0 Å². The molecule has 2 amide bonds. The number of rotatable bonds is 5. The molecule has 2 aromatic carbocycles. The molecule has 3 aromatic rings. The molecule has 1 fully saturated rings. The predicted octanol–water partition coefficient (Wildman–Crippen LogP) is 3.56. The lowest BCUT2D eigenvalue weighted by atomic mass is 9.86. The van der Waals surface area contributed by atoms with Crippen molar-refractivity contribution < 1.29 is 14.5 Å². The summed E-state index contributed by atoms with van der Waals surface area (Å²) in [5.41, 5.74) is 3.59. The number of nitro benzene ring substituents is 1. The maximum Gasteiger partial charge on any atom is 0.269 e. The Balaban J connectivity index is 1.65. The van der Waals surface area contributed by atoms with Crippen molar-refractivity contribution in [2.45, 2.75) is 38.3 Å². The zero-order chi connectivity index (χ0) is 22.4. The standard InChI is InChI=1S/C24H24N4O4/c1-2-3-12-26-14-21(29)27-20(24(26)30)13-18-17-6-4-5-7-19(17)25-22(18)23(27)15-8-10-16(11-9-15)28(31)32/h4-11,20,23,25H,2-3,12-14H2,1H3/t20-,23-/m0/s1. The van der Waals surface area contributed by atoms with Crippen LogP contribution >= 0.6 is 0 Å². The van der Waals surface area contributed by atoms with Crippen LogP contribution in [0, 0.1) is 10.1 Å². The Morgan fingerprint density at radius 2 is 1.88 bits per heavy atom.